The molecule has 0 rings (SSSR count). The van der Waals surface area contributed by atoms with Crippen LogP contribution in [0, 0.1) is 0 Å². The summed E-state index contributed by atoms with van der Waals surface area (Å²) in [5.41, 5.74) is 0. The number of hydrogen-bond donors (Lipinski definition) is 0. The van der Waals surface area contributed by atoms with Crippen LogP contribution in [0.1, 0.15) is 39.5 Å². The SMILES string of the molecule is CCCCOC(=O)C=CC(=O)OCCCC.[SnH2]. The van der Waals surface area contributed by atoms with Crippen molar-refractivity contribution in [3.63, 3.8) is 0 Å². The molecule has 0 aliphatic carbocycles. The van der Waals surface area contributed by atoms with Crippen LogP contribution in [-0.4, -0.2) is 49.1 Å². The van der Waals surface area contributed by atoms with Gasteiger partial charge in [-0.05, 0) is 12.8 Å². The van der Waals surface area contributed by atoms with Gasteiger partial charge in [0.05, 0.1) is 13.2 Å². The van der Waals surface area contributed by atoms with Gasteiger partial charge in [0.1, 0.15) is 0 Å². The number of ether oxygens (including phenoxy) is 2. The molecule has 0 saturated carbocycles. The molecule has 0 heterocycles. The third kappa shape index (κ3) is 13.4. The summed E-state index contributed by atoms with van der Waals surface area (Å²) in [6.45, 7) is 4.80. The van der Waals surface area contributed by atoms with Crippen LogP contribution in [-0.2, 0) is 19.1 Å². The first-order valence-corrected chi connectivity index (χ1v) is 5.72. The summed E-state index contributed by atoms with van der Waals surface area (Å²) < 4.78 is 9.65. The van der Waals surface area contributed by atoms with E-state index in [4.69, 9.17) is 9.47 Å². The van der Waals surface area contributed by atoms with Gasteiger partial charge in [0, 0.05) is 12.2 Å². The Bertz CT molecular complexity index is 215. The first kappa shape index (κ1) is 18.8. The Kier molecular flexibility index (Phi) is 15.0. The van der Waals surface area contributed by atoms with Gasteiger partial charge < -0.3 is 9.47 Å². The Morgan fingerprint density at radius 3 is 1.53 bits per heavy atom. The molecule has 0 aromatic rings. The Hall–Kier alpha value is -0.521. The molecule has 98 valence electrons. The molecule has 0 aromatic heterocycles. The monoisotopic (exact) mass is 350 g/mol. The number of unbranched alkanes of at least 4 members (excludes halogenated alkanes) is 2. The summed E-state index contributed by atoms with van der Waals surface area (Å²) in [5, 5.41) is 0. The van der Waals surface area contributed by atoms with Crippen LogP contribution < -0.4 is 0 Å². The molecule has 0 saturated heterocycles. The topological polar surface area (TPSA) is 52.6 Å². The zero-order valence-corrected chi connectivity index (χ0v) is 14.8. The fourth-order valence-corrected chi connectivity index (χ4v) is 0.867. The van der Waals surface area contributed by atoms with Gasteiger partial charge in [0.25, 0.3) is 0 Å². The average molecular weight is 349 g/mol. The van der Waals surface area contributed by atoms with Crippen molar-refractivity contribution in [1.82, 2.24) is 0 Å². The molecule has 0 amide bonds. The van der Waals surface area contributed by atoms with Crippen LogP contribution in [0.15, 0.2) is 12.2 Å². The Morgan fingerprint density at radius 2 is 1.24 bits per heavy atom. The zero-order chi connectivity index (χ0) is 12.2. The van der Waals surface area contributed by atoms with Crippen molar-refractivity contribution in [3.05, 3.63) is 12.2 Å². The van der Waals surface area contributed by atoms with Crippen molar-refractivity contribution in [1.29, 1.82) is 0 Å². The third-order valence-corrected chi connectivity index (χ3v) is 1.84. The second-order valence-corrected chi connectivity index (χ2v) is 3.38. The molecule has 2 radical (unpaired) electrons. The summed E-state index contributed by atoms with van der Waals surface area (Å²) in [6, 6.07) is 0. The maximum absolute atomic E-state index is 11.0. The van der Waals surface area contributed by atoms with Gasteiger partial charge in [0.15, 0.2) is 0 Å². The number of carbonyl (C=O) groups is 2. The molecule has 17 heavy (non-hydrogen) atoms. The fourth-order valence-electron chi connectivity index (χ4n) is 0.867. The zero-order valence-electron chi connectivity index (χ0n) is 10.7. The van der Waals surface area contributed by atoms with Crippen molar-refractivity contribution >= 4 is 35.8 Å². The van der Waals surface area contributed by atoms with Crippen molar-refractivity contribution in [2.45, 2.75) is 39.5 Å². The van der Waals surface area contributed by atoms with E-state index >= 15 is 0 Å². The van der Waals surface area contributed by atoms with E-state index in [1.54, 1.807) is 0 Å². The van der Waals surface area contributed by atoms with Gasteiger partial charge in [-0.2, -0.15) is 0 Å². The summed E-state index contributed by atoms with van der Waals surface area (Å²) in [5.74, 6) is -0.998. The molecular weight excluding hydrogens is 327 g/mol. The van der Waals surface area contributed by atoms with Crippen molar-refractivity contribution < 1.29 is 19.1 Å². The Labute approximate surface area is 120 Å². The molecule has 0 aliphatic heterocycles. The summed E-state index contributed by atoms with van der Waals surface area (Å²) in [4.78, 5) is 22.1. The Morgan fingerprint density at radius 1 is 0.882 bits per heavy atom. The normalized spacial score (nSPS) is 9.76. The van der Waals surface area contributed by atoms with Crippen molar-refractivity contribution in [2.75, 3.05) is 13.2 Å². The van der Waals surface area contributed by atoms with Crippen LogP contribution in [0.2, 0.25) is 0 Å². The molecule has 0 N–H and O–H groups in total. The molecule has 4 nitrogen and oxygen atoms in total. The maximum atomic E-state index is 11.0. The number of rotatable bonds is 8. The van der Waals surface area contributed by atoms with Crippen LogP contribution in [0.4, 0.5) is 0 Å². The van der Waals surface area contributed by atoms with Gasteiger partial charge in [-0.1, -0.05) is 26.7 Å². The van der Waals surface area contributed by atoms with Crippen LogP contribution in [0.25, 0.3) is 0 Å². The second kappa shape index (κ2) is 13.5. The van der Waals surface area contributed by atoms with E-state index in [0.717, 1.165) is 37.8 Å². The molecule has 0 bridgehead atoms. The van der Waals surface area contributed by atoms with E-state index in [-0.39, 0.29) is 23.9 Å². The van der Waals surface area contributed by atoms with E-state index in [2.05, 4.69) is 0 Å². The minimum atomic E-state index is -0.499. The molecular formula is C12H22O4Sn. The van der Waals surface area contributed by atoms with Crippen molar-refractivity contribution in [3.8, 4) is 0 Å². The number of carbonyl (C=O) groups excluding carboxylic acids is 2. The first-order valence-electron chi connectivity index (χ1n) is 5.72. The van der Waals surface area contributed by atoms with Gasteiger partial charge in [0.2, 0.25) is 0 Å². The average Bonchev–Trinajstić information content (AvgIpc) is 2.27. The Balaban J connectivity index is 0. The second-order valence-electron chi connectivity index (χ2n) is 3.38. The standard InChI is InChI=1S/C12H20O4.Sn.2H/c1-3-5-9-15-11(13)7-8-12(14)16-10-6-4-2;;;/h7-8H,3-6,9-10H2,1-2H3;;;. The molecule has 0 aliphatic rings. The van der Waals surface area contributed by atoms with E-state index in [9.17, 15) is 9.59 Å². The molecule has 0 atom stereocenters. The van der Waals surface area contributed by atoms with E-state index in [1.807, 2.05) is 13.8 Å². The van der Waals surface area contributed by atoms with Gasteiger partial charge in [-0.15, -0.1) is 0 Å². The summed E-state index contributed by atoms with van der Waals surface area (Å²) in [6.07, 6.45) is 5.81. The summed E-state index contributed by atoms with van der Waals surface area (Å²) in [7, 11) is 0. The van der Waals surface area contributed by atoms with E-state index in [1.165, 1.54) is 0 Å². The van der Waals surface area contributed by atoms with Crippen LogP contribution in [0.3, 0.4) is 0 Å². The molecule has 0 fully saturated rings. The third-order valence-electron chi connectivity index (χ3n) is 1.84. The first-order chi connectivity index (χ1) is 7.70. The molecule has 0 unspecified atom stereocenters. The van der Waals surface area contributed by atoms with Crippen LogP contribution in [0.5, 0.6) is 0 Å². The fraction of sp³-hybridized carbons (Fsp3) is 0.667. The van der Waals surface area contributed by atoms with Gasteiger partial charge in [-0.25, -0.2) is 9.59 Å². The van der Waals surface area contributed by atoms with E-state index < -0.39 is 11.9 Å². The molecule has 5 heteroatoms. The van der Waals surface area contributed by atoms with E-state index in [0.29, 0.717) is 13.2 Å². The number of hydrogen-bond acceptors (Lipinski definition) is 4. The summed E-state index contributed by atoms with van der Waals surface area (Å²) >= 11 is 0. The molecule has 0 aromatic carbocycles. The number of esters is 2. The van der Waals surface area contributed by atoms with Crippen LogP contribution >= 0.6 is 0 Å². The minimum absolute atomic E-state index is 0. The predicted molar refractivity (Wildman–Crippen MR) is 69.4 cm³/mol. The molecule has 0 spiro atoms. The van der Waals surface area contributed by atoms with Gasteiger partial charge in [-0.3, -0.25) is 0 Å². The quantitative estimate of drug-likeness (QED) is 0.287. The van der Waals surface area contributed by atoms with Gasteiger partial charge >= 0.3 is 35.8 Å². The van der Waals surface area contributed by atoms with Crippen molar-refractivity contribution in [2.24, 2.45) is 0 Å². The predicted octanol–water partition coefficient (Wildman–Crippen LogP) is 1.31.